The lowest BCUT2D eigenvalue weighted by atomic mass is 9.93. The fourth-order valence-electron chi connectivity index (χ4n) is 3.26. The van der Waals surface area contributed by atoms with Crippen molar-refractivity contribution in [3.63, 3.8) is 0 Å². The van der Waals surface area contributed by atoms with Crippen molar-refractivity contribution in [2.75, 3.05) is 40.4 Å². The van der Waals surface area contributed by atoms with E-state index in [4.69, 9.17) is 9.47 Å². The Morgan fingerprint density at radius 1 is 1.23 bits per heavy atom. The first-order valence-electron chi connectivity index (χ1n) is 8.34. The standard InChI is InChI=1S/C18H30N2O2/c1-5-20-11-9-16(14(2)13-20)19-10-8-15-6-7-17(21-3)18(12-15)22-4/h6-7,12,14,16,19H,5,8-11,13H2,1-4H3/t14-,16-/m0/s1. The highest BCUT2D eigenvalue weighted by molar-refractivity contribution is 5.42. The molecule has 0 saturated carbocycles. The normalized spacial score (nSPS) is 22.5. The van der Waals surface area contributed by atoms with E-state index in [2.05, 4.69) is 36.2 Å². The van der Waals surface area contributed by atoms with Gasteiger partial charge in [0.15, 0.2) is 11.5 Å². The molecule has 0 bridgehead atoms. The molecule has 1 fully saturated rings. The van der Waals surface area contributed by atoms with Crippen LogP contribution in [-0.4, -0.2) is 51.3 Å². The van der Waals surface area contributed by atoms with Crippen molar-refractivity contribution in [3.05, 3.63) is 23.8 Å². The third kappa shape index (κ3) is 4.37. The van der Waals surface area contributed by atoms with Crippen LogP contribution in [-0.2, 0) is 6.42 Å². The Morgan fingerprint density at radius 3 is 2.64 bits per heavy atom. The van der Waals surface area contributed by atoms with Crippen LogP contribution < -0.4 is 14.8 Å². The van der Waals surface area contributed by atoms with Crippen molar-refractivity contribution in [2.45, 2.75) is 32.7 Å². The molecule has 22 heavy (non-hydrogen) atoms. The highest BCUT2D eigenvalue weighted by Gasteiger charge is 2.24. The summed E-state index contributed by atoms with van der Waals surface area (Å²) in [4.78, 5) is 2.54. The number of nitrogens with one attached hydrogen (secondary N) is 1. The van der Waals surface area contributed by atoms with Crippen LogP contribution in [0.15, 0.2) is 18.2 Å². The zero-order valence-electron chi connectivity index (χ0n) is 14.4. The van der Waals surface area contributed by atoms with Crippen LogP contribution in [0.3, 0.4) is 0 Å². The van der Waals surface area contributed by atoms with E-state index in [1.807, 2.05) is 6.07 Å². The van der Waals surface area contributed by atoms with E-state index in [1.54, 1.807) is 14.2 Å². The van der Waals surface area contributed by atoms with Gasteiger partial charge in [0.2, 0.25) is 0 Å². The van der Waals surface area contributed by atoms with Crippen LogP contribution in [0.25, 0.3) is 0 Å². The molecule has 1 aromatic rings. The quantitative estimate of drug-likeness (QED) is 0.839. The van der Waals surface area contributed by atoms with Gasteiger partial charge in [0.25, 0.3) is 0 Å². The summed E-state index contributed by atoms with van der Waals surface area (Å²) in [6.07, 6.45) is 2.27. The molecule has 1 aliphatic rings. The van der Waals surface area contributed by atoms with Gasteiger partial charge >= 0.3 is 0 Å². The first-order chi connectivity index (χ1) is 10.7. The van der Waals surface area contributed by atoms with Gasteiger partial charge < -0.3 is 19.7 Å². The van der Waals surface area contributed by atoms with Crippen LogP contribution in [0, 0.1) is 5.92 Å². The molecule has 4 nitrogen and oxygen atoms in total. The summed E-state index contributed by atoms with van der Waals surface area (Å²) in [5.74, 6) is 2.32. The molecule has 0 aromatic heterocycles. The molecule has 1 aliphatic heterocycles. The molecule has 1 aromatic carbocycles. The minimum Gasteiger partial charge on any atom is -0.493 e. The van der Waals surface area contributed by atoms with Gasteiger partial charge in [-0.15, -0.1) is 0 Å². The van der Waals surface area contributed by atoms with E-state index in [0.717, 1.165) is 30.4 Å². The molecule has 124 valence electrons. The third-order valence-corrected chi connectivity index (χ3v) is 4.70. The summed E-state index contributed by atoms with van der Waals surface area (Å²) in [5, 5.41) is 3.73. The maximum Gasteiger partial charge on any atom is 0.160 e. The third-order valence-electron chi connectivity index (χ3n) is 4.70. The number of nitrogens with zero attached hydrogens (tertiary/aromatic N) is 1. The number of hydrogen-bond donors (Lipinski definition) is 1. The summed E-state index contributed by atoms with van der Waals surface area (Å²) in [5.41, 5.74) is 1.28. The molecule has 1 heterocycles. The molecular weight excluding hydrogens is 276 g/mol. The molecule has 0 spiro atoms. The summed E-state index contributed by atoms with van der Waals surface area (Å²) in [6.45, 7) is 9.21. The molecule has 0 radical (unpaired) electrons. The molecule has 0 aliphatic carbocycles. The van der Waals surface area contributed by atoms with E-state index < -0.39 is 0 Å². The van der Waals surface area contributed by atoms with E-state index >= 15 is 0 Å². The Hall–Kier alpha value is -1.26. The van der Waals surface area contributed by atoms with Crippen LogP contribution in [0.5, 0.6) is 11.5 Å². The number of likely N-dealkylation sites (tertiary alicyclic amines) is 1. The number of hydrogen-bond acceptors (Lipinski definition) is 4. The molecule has 0 amide bonds. The molecule has 4 heteroatoms. The second-order valence-electron chi connectivity index (χ2n) is 6.16. The van der Waals surface area contributed by atoms with Crippen molar-refractivity contribution in [1.82, 2.24) is 10.2 Å². The molecule has 1 N–H and O–H groups in total. The van der Waals surface area contributed by atoms with Crippen LogP contribution in [0.2, 0.25) is 0 Å². The van der Waals surface area contributed by atoms with Gasteiger partial charge in [0.05, 0.1) is 14.2 Å². The second kappa shape index (κ2) is 8.39. The maximum atomic E-state index is 5.36. The minimum absolute atomic E-state index is 0.642. The summed E-state index contributed by atoms with van der Waals surface area (Å²) in [6, 6.07) is 6.81. The number of rotatable bonds is 7. The van der Waals surface area contributed by atoms with E-state index in [9.17, 15) is 0 Å². The van der Waals surface area contributed by atoms with Crippen LogP contribution >= 0.6 is 0 Å². The Bertz CT molecular complexity index is 464. The van der Waals surface area contributed by atoms with Crippen molar-refractivity contribution in [1.29, 1.82) is 0 Å². The Balaban J connectivity index is 1.81. The van der Waals surface area contributed by atoms with Gasteiger partial charge in [-0.3, -0.25) is 0 Å². The Kier molecular flexibility index (Phi) is 6.52. The molecule has 1 saturated heterocycles. The van der Waals surface area contributed by atoms with Gasteiger partial charge in [0.1, 0.15) is 0 Å². The topological polar surface area (TPSA) is 33.7 Å². The fourth-order valence-corrected chi connectivity index (χ4v) is 3.26. The van der Waals surface area contributed by atoms with Gasteiger partial charge in [-0.2, -0.15) is 0 Å². The number of methoxy groups -OCH3 is 2. The molecule has 0 unspecified atom stereocenters. The average molecular weight is 306 g/mol. The van der Waals surface area contributed by atoms with E-state index in [0.29, 0.717) is 6.04 Å². The van der Waals surface area contributed by atoms with Crippen molar-refractivity contribution >= 4 is 0 Å². The number of ether oxygens (including phenoxy) is 2. The fraction of sp³-hybridized carbons (Fsp3) is 0.667. The number of benzene rings is 1. The monoisotopic (exact) mass is 306 g/mol. The van der Waals surface area contributed by atoms with Crippen LogP contribution in [0.1, 0.15) is 25.8 Å². The zero-order chi connectivity index (χ0) is 15.9. The van der Waals surface area contributed by atoms with Gasteiger partial charge in [0, 0.05) is 12.6 Å². The van der Waals surface area contributed by atoms with E-state index in [-0.39, 0.29) is 0 Å². The first-order valence-corrected chi connectivity index (χ1v) is 8.34. The van der Waals surface area contributed by atoms with Gasteiger partial charge in [-0.1, -0.05) is 19.9 Å². The second-order valence-corrected chi connectivity index (χ2v) is 6.16. The molecular formula is C18H30N2O2. The Morgan fingerprint density at radius 2 is 2.00 bits per heavy atom. The predicted octanol–water partition coefficient (Wildman–Crippen LogP) is 2.57. The summed E-state index contributed by atoms with van der Waals surface area (Å²) in [7, 11) is 3.35. The van der Waals surface area contributed by atoms with E-state index in [1.165, 1.54) is 31.6 Å². The Labute approximate surface area is 134 Å². The largest absolute Gasteiger partial charge is 0.493 e. The SMILES string of the molecule is CCN1CC[C@H](NCCc2ccc(OC)c(OC)c2)[C@@H](C)C1. The van der Waals surface area contributed by atoms with Gasteiger partial charge in [-0.25, -0.2) is 0 Å². The van der Waals surface area contributed by atoms with Gasteiger partial charge in [-0.05, 0) is 56.1 Å². The molecule has 2 atom stereocenters. The van der Waals surface area contributed by atoms with Crippen LogP contribution in [0.4, 0.5) is 0 Å². The maximum absolute atomic E-state index is 5.36. The lowest BCUT2D eigenvalue weighted by molar-refractivity contribution is 0.154. The number of piperidine rings is 1. The zero-order valence-corrected chi connectivity index (χ0v) is 14.4. The smallest absolute Gasteiger partial charge is 0.160 e. The lowest BCUT2D eigenvalue weighted by Gasteiger charge is -2.37. The predicted molar refractivity (Wildman–Crippen MR) is 90.9 cm³/mol. The minimum atomic E-state index is 0.642. The summed E-state index contributed by atoms with van der Waals surface area (Å²) < 4.78 is 10.6. The lowest BCUT2D eigenvalue weighted by Crippen LogP contribution is -2.48. The van der Waals surface area contributed by atoms with Crippen molar-refractivity contribution < 1.29 is 9.47 Å². The first kappa shape index (κ1) is 17.1. The van der Waals surface area contributed by atoms with Crippen molar-refractivity contribution in [2.24, 2.45) is 5.92 Å². The molecule has 2 rings (SSSR count). The highest BCUT2D eigenvalue weighted by Crippen LogP contribution is 2.27. The summed E-state index contributed by atoms with van der Waals surface area (Å²) >= 11 is 0. The van der Waals surface area contributed by atoms with Crippen molar-refractivity contribution in [3.8, 4) is 11.5 Å². The average Bonchev–Trinajstić information content (AvgIpc) is 2.56. The highest BCUT2D eigenvalue weighted by atomic mass is 16.5.